The number of nitrogens with zero attached hydrogens (tertiary/aromatic N) is 1. The number of hydrogen-bond donors (Lipinski definition) is 1. The molecule has 1 aliphatic rings. The lowest BCUT2D eigenvalue weighted by Gasteiger charge is -2.02. The van der Waals surface area contributed by atoms with E-state index in [1.807, 2.05) is 6.92 Å². The van der Waals surface area contributed by atoms with Crippen LogP contribution in [0.2, 0.25) is 0 Å². The van der Waals surface area contributed by atoms with E-state index in [0.29, 0.717) is 11.3 Å². The molecule has 0 spiro atoms. The summed E-state index contributed by atoms with van der Waals surface area (Å²) in [6.45, 7) is 2.58. The average molecular weight is 252 g/mol. The van der Waals surface area contributed by atoms with Gasteiger partial charge in [-0.15, -0.1) is 11.3 Å². The molecule has 5 heteroatoms. The minimum absolute atomic E-state index is 0.0839. The fourth-order valence-corrected chi connectivity index (χ4v) is 4.06. The Kier molecular flexibility index (Phi) is 2.26. The first-order chi connectivity index (χ1) is 7.72. The molecule has 2 aromatic rings. The Morgan fingerprint density at radius 2 is 2.31 bits per heavy atom. The van der Waals surface area contributed by atoms with Gasteiger partial charge < -0.3 is 4.98 Å². The molecule has 3 nitrogen and oxygen atoms in total. The van der Waals surface area contributed by atoms with E-state index in [-0.39, 0.29) is 5.56 Å². The van der Waals surface area contributed by atoms with Crippen molar-refractivity contribution in [3.8, 4) is 0 Å². The summed E-state index contributed by atoms with van der Waals surface area (Å²) in [5.41, 5.74) is 1.35. The Labute approximate surface area is 102 Å². The van der Waals surface area contributed by atoms with Crippen molar-refractivity contribution in [2.75, 3.05) is 0 Å². The minimum Gasteiger partial charge on any atom is -0.323 e. The molecule has 0 aromatic carbocycles. The smallest absolute Gasteiger partial charge is 0.263 e. The van der Waals surface area contributed by atoms with Crippen LogP contribution in [-0.4, -0.2) is 9.55 Å². The van der Waals surface area contributed by atoms with Crippen LogP contribution < -0.4 is 5.56 Å². The summed E-state index contributed by atoms with van der Waals surface area (Å²) in [4.78, 5) is 17.8. The topological polar surface area (TPSA) is 37.8 Å². The zero-order valence-electron chi connectivity index (χ0n) is 9.00. The van der Waals surface area contributed by atoms with Crippen molar-refractivity contribution < 1.29 is 0 Å². The second-order valence-corrected chi connectivity index (χ2v) is 5.53. The SMILES string of the molecule is CCn1c(=S)[nH]c2sc3c(c2c1=O)CCC3. The van der Waals surface area contributed by atoms with Crippen molar-refractivity contribution in [1.29, 1.82) is 0 Å². The van der Waals surface area contributed by atoms with Gasteiger partial charge >= 0.3 is 0 Å². The zero-order valence-corrected chi connectivity index (χ0v) is 10.6. The maximum Gasteiger partial charge on any atom is 0.263 e. The van der Waals surface area contributed by atoms with Gasteiger partial charge in [0, 0.05) is 11.4 Å². The van der Waals surface area contributed by atoms with Crippen molar-refractivity contribution in [2.45, 2.75) is 32.7 Å². The molecular weight excluding hydrogens is 240 g/mol. The predicted octanol–water partition coefficient (Wildman–Crippen LogP) is 2.63. The van der Waals surface area contributed by atoms with Crippen molar-refractivity contribution >= 4 is 33.8 Å². The molecule has 0 fully saturated rings. The maximum absolute atomic E-state index is 12.3. The third-order valence-corrected chi connectivity index (χ3v) is 4.69. The van der Waals surface area contributed by atoms with E-state index in [2.05, 4.69) is 4.98 Å². The fraction of sp³-hybridized carbons (Fsp3) is 0.455. The molecule has 0 saturated carbocycles. The Morgan fingerprint density at radius 3 is 3.06 bits per heavy atom. The highest BCUT2D eigenvalue weighted by Gasteiger charge is 2.20. The summed E-state index contributed by atoms with van der Waals surface area (Å²) in [5, 5.41) is 0.882. The Bertz CT molecular complexity index is 678. The van der Waals surface area contributed by atoms with Crippen LogP contribution in [0, 0.1) is 4.77 Å². The van der Waals surface area contributed by atoms with Gasteiger partial charge in [-0.1, -0.05) is 0 Å². The molecule has 0 aliphatic heterocycles. The first-order valence-electron chi connectivity index (χ1n) is 5.49. The Morgan fingerprint density at radius 1 is 1.50 bits per heavy atom. The van der Waals surface area contributed by atoms with Gasteiger partial charge in [0.05, 0.1) is 5.39 Å². The van der Waals surface area contributed by atoms with E-state index in [1.54, 1.807) is 15.9 Å². The number of aromatic nitrogens is 2. The third-order valence-electron chi connectivity index (χ3n) is 3.16. The summed E-state index contributed by atoms with van der Waals surface area (Å²) >= 11 is 6.89. The van der Waals surface area contributed by atoms with E-state index < -0.39 is 0 Å². The number of fused-ring (bicyclic) bond motifs is 3. The standard InChI is InChI=1S/C11H12N2OS2/c1-2-13-10(14)8-6-4-3-5-7(6)16-9(8)12-11(13)15/h2-5H2,1H3,(H,12,15). The van der Waals surface area contributed by atoms with Gasteiger partial charge in [-0.25, -0.2) is 0 Å². The van der Waals surface area contributed by atoms with Crippen LogP contribution in [0.15, 0.2) is 4.79 Å². The molecule has 1 aliphatic carbocycles. The zero-order chi connectivity index (χ0) is 11.3. The highest BCUT2D eigenvalue weighted by atomic mass is 32.1. The molecule has 0 amide bonds. The van der Waals surface area contributed by atoms with Gasteiger partial charge in [-0.2, -0.15) is 0 Å². The molecule has 84 valence electrons. The van der Waals surface area contributed by atoms with E-state index in [4.69, 9.17) is 12.2 Å². The quantitative estimate of drug-likeness (QED) is 0.792. The van der Waals surface area contributed by atoms with E-state index in [0.717, 1.165) is 23.1 Å². The first kappa shape index (κ1) is 10.2. The largest absolute Gasteiger partial charge is 0.323 e. The molecule has 0 unspecified atom stereocenters. The second-order valence-electron chi connectivity index (χ2n) is 4.04. The molecule has 16 heavy (non-hydrogen) atoms. The van der Waals surface area contributed by atoms with Crippen molar-refractivity contribution in [3.05, 3.63) is 25.6 Å². The third kappa shape index (κ3) is 1.25. The first-order valence-corrected chi connectivity index (χ1v) is 6.72. The number of rotatable bonds is 1. The normalized spacial score (nSPS) is 14.6. The van der Waals surface area contributed by atoms with Crippen LogP contribution in [0.25, 0.3) is 10.2 Å². The lowest BCUT2D eigenvalue weighted by molar-refractivity contribution is 0.705. The van der Waals surface area contributed by atoms with E-state index in [9.17, 15) is 4.79 Å². The molecule has 3 rings (SSSR count). The number of hydrogen-bond acceptors (Lipinski definition) is 3. The number of H-pyrrole nitrogens is 1. The van der Waals surface area contributed by atoms with Crippen LogP contribution in [0.1, 0.15) is 23.8 Å². The van der Waals surface area contributed by atoms with Gasteiger partial charge in [0.15, 0.2) is 4.77 Å². The molecular formula is C11H12N2OS2. The van der Waals surface area contributed by atoms with Gasteiger partial charge in [-0.3, -0.25) is 9.36 Å². The summed E-state index contributed by atoms with van der Waals surface area (Å²) < 4.78 is 2.18. The summed E-state index contributed by atoms with van der Waals surface area (Å²) in [5.74, 6) is 0. The lowest BCUT2D eigenvalue weighted by Crippen LogP contribution is -2.21. The van der Waals surface area contributed by atoms with Crippen LogP contribution in [-0.2, 0) is 19.4 Å². The lowest BCUT2D eigenvalue weighted by atomic mass is 10.2. The summed E-state index contributed by atoms with van der Waals surface area (Å²) in [6, 6.07) is 0. The van der Waals surface area contributed by atoms with Crippen LogP contribution in [0.4, 0.5) is 0 Å². The minimum atomic E-state index is 0.0839. The van der Waals surface area contributed by atoms with Crippen LogP contribution >= 0.6 is 23.6 Å². The van der Waals surface area contributed by atoms with Gasteiger partial charge in [0.25, 0.3) is 5.56 Å². The summed E-state index contributed by atoms with van der Waals surface area (Å²) in [7, 11) is 0. The highest BCUT2D eigenvalue weighted by molar-refractivity contribution is 7.71. The Balaban J connectivity index is 2.50. The van der Waals surface area contributed by atoms with Crippen molar-refractivity contribution in [3.63, 3.8) is 0 Å². The molecule has 1 N–H and O–H groups in total. The van der Waals surface area contributed by atoms with Crippen LogP contribution in [0.5, 0.6) is 0 Å². The molecule has 0 bridgehead atoms. The van der Waals surface area contributed by atoms with Crippen LogP contribution in [0.3, 0.4) is 0 Å². The van der Waals surface area contributed by atoms with E-state index in [1.165, 1.54) is 16.9 Å². The van der Waals surface area contributed by atoms with E-state index >= 15 is 0 Å². The highest BCUT2D eigenvalue weighted by Crippen LogP contribution is 2.34. The summed E-state index contributed by atoms with van der Waals surface area (Å²) in [6.07, 6.45) is 3.33. The predicted molar refractivity (Wildman–Crippen MR) is 69.0 cm³/mol. The maximum atomic E-state index is 12.3. The monoisotopic (exact) mass is 252 g/mol. The molecule has 0 saturated heterocycles. The Hall–Kier alpha value is -0.940. The number of thiophene rings is 1. The molecule has 2 heterocycles. The van der Waals surface area contributed by atoms with Gasteiger partial charge in [0.1, 0.15) is 4.83 Å². The molecule has 0 atom stereocenters. The average Bonchev–Trinajstić information content (AvgIpc) is 2.76. The van der Waals surface area contributed by atoms with Gasteiger partial charge in [-0.05, 0) is 44.0 Å². The molecule has 2 aromatic heterocycles. The molecule has 0 radical (unpaired) electrons. The van der Waals surface area contributed by atoms with Crippen molar-refractivity contribution in [2.24, 2.45) is 0 Å². The second kappa shape index (κ2) is 3.53. The van der Waals surface area contributed by atoms with Gasteiger partial charge in [0.2, 0.25) is 0 Å². The number of aryl methyl sites for hydroxylation is 2. The van der Waals surface area contributed by atoms with Crippen molar-refractivity contribution in [1.82, 2.24) is 9.55 Å². The fourth-order valence-electron chi connectivity index (χ4n) is 2.40. The number of aromatic amines is 1. The number of nitrogens with one attached hydrogen (secondary N) is 1.